The molecular formula is C10H16N2O2S. The van der Waals surface area contributed by atoms with Gasteiger partial charge >= 0.3 is 0 Å². The van der Waals surface area contributed by atoms with E-state index >= 15 is 0 Å². The number of nitrogens with zero attached hydrogens (tertiary/aromatic N) is 2. The number of aliphatic hydroxyl groups excluding tert-OH is 1. The van der Waals surface area contributed by atoms with Gasteiger partial charge in [0.05, 0.1) is 18.1 Å². The van der Waals surface area contributed by atoms with Crippen LogP contribution in [0.4, 0.5) is 5.13 Å². The van der Waals surface area contributed by atoms with Gasteiger partial charge in [-0.3, -0.25) is 0 Å². The normalized spacial score (nSPS) is 21.2. The topological polar surface area (TPSA) is 45.6 Å². The molecule has 1 aromatic heterocycles. The molecule has 1 aromatic rings. The lowest BCUT2D eigenvalue weighted by atomic mass is 10.1. The molecule has 2 rings (SSSR count). The third-order valence-corrected chi connectivity index (χ3v) is 3.70. The molecule has 2 heterocycles. The van der Waals surface area contributed by atoms with E-state index in [2.05, 4.69) is 9.88 Å². The zero-order valence-corrected chi connectivity index (χ0v) is 9.66. The van der Waals surface area contributed by atoms with Crippen molar-refractivity contribution >= 4 is 16.5 Å². The van der Waals surface area contributed by atoms with E-state index in [1.807, 2.05) is 0 Å². The Balaban J connectivity index is 1.95. The summed E-state index contributed by atoms with van der Waals surface area (Å²) < 4.78 is 5.15. The molecule has 1 fully saturated rings. The van der Waals surface area contributed by atoms with Crippen molar-refractivity contribution in [2.75, 3.05) is 31.7 Å². The van der Waals surface area contributed by atoms with Gasteiger partial charge < -0.3 is 14.7 Å². The third-order valence-electron chi connectivity index (χ3n) is 2.66. The highest BCUT2D eigenvalue weighted by Gasteiger charge is 2.24. The summed E-state index contributed by atoms with van der Waals surface area (Å²) in [5.74, 6) is 0.622. The number of hydrogen-bond acceptors (Lipinski definition) is 5. The number of ether oxygens (including phenoxy) is 1. The molecule has 4 nitrogen and oxygen atoms in total. The molecule has 1 aliphatic rings. The summed E-state index contributed by atoms with van der Waals surface area (Å²) >= 11 is 1.57. The maximum atomic E-state index is 8.96. The van der Waals surface area contributed by atoms with Gasteiger partial charge in [-0.2, -0.15) is 0 Å². The maximum Gasteiger partial charge on any atom is 0.185 e. The minimum atomic E-state index is 0.0903. The van der Waals surface area contributed by atoms with Crippen LogP contribution in [0.25, 0.3) is 0 Å². The second-order valence-electron chi connectivity index (χ2n) is 3.82. The molecule has 0 amide bonds. The van der Waals surface area contributed by atoms with Crippen LogP contribution in [0.5, 0.6) is 0 Å². The number of aliphatic hydroxyl groups is 1. The maximum absolute atomic E-state index is 8.96. The van der Waals surface area contributed by atoms with Crippen molar-refractivity contribution in [3.05, 3.63) is 11.1 Å². The molecule has 0 aromatic carbocycles. The van der Waals surface area contributed by atoms with E-state index in [0.29, 0.717) is 5.92 Å². The number of thiazole rings is 1. The molecular weight excluding hydrogens is 212 g/mol. The highest BCUT2D eigenvalue weighted by Crippen LogP contribution is 2.27. The first-order chi connectivity index (χ1) is 7.33. The lowest BCUT2D eigenvalue weighted by Gasteiger charge is -2.14. The van der Waals surface area contributed by atoms with Crippen LogP contribution >= 0.6 is 11.3 Å². The van der Waals surface area contributed by atoms with Gasteiger partial charge in [-0.05, 0) is 6.42 Å². The van der Waals surface area contributed by atoms with Gasteiger partial charge in [0.2, 0.25) is 0 Å². The highest BCUT2D eigenvalue weighted by atomic mass is 32.1. The van der Waals surface area contributed by atoms with Crippen LogP contribution in [-0.4, -0.2) is 36.9 Å². The smallest absolute Gasteiger partial charge is 0.185 e. The fraction of sp³-hybridized carbons (Fsp3) is 0.700. The van der Waals surface area contributed by atoms with Gasteiger partial charge in [-0.1, -0.05) is 11.3 Å². The number of aromatic nitrogens is 1. The van der Waals surface area contributed by atoms with E-state index in [-0.39, 0.29) is 6.61 Å². The molecule has 1 aliphatic heterocycles. The summed E-state index contributed by atoms with van der Waals surface area (Å²) in [4.78, 5) is 7.51. The van der Waals surface area contributed by atoms with Crippen LogP contribution in [0.3, 0.4) is 0 Å². The molecule has 1 N–H and O–H groups in total. The lowest BCUT2D eigenvalue weighted by Crippen LogP contribution is -2.20. The number of hydrogen-bond donors (Lipinski definition) is 1. The lowest BCUT2D eigenvalue weighted by molar-refractivity contribution is 0.161. The van der Waals surface area contributed by atoms with E-state index in [4.69, 9.17) is 9.84 Å². The molecule has 15 heavy (non-hydrogen) atoms. The van der Waals surface area contributed by atoms with E-state index < -0.39 is 0 Å². The molecule has 5 heteroatoms. The summed E-state index contributed by atoms with van der Waals surface area (Å²) in [6.07, 6.45) is 2.92. The Kier molecular flexibility index (Phi) is 3.56. The largest absolute Gasteiger partial charge is 0.391 e. The minimum Gasteiger partial charge on any atom is -0.391 e. The SMILES string of the molecule is COCC1CCN(c2ncc(CO)s2)C1. The predicted molar refractivity (Wildman–Crippen MR) is 60.2 cm³/mol. The number of methoxy groups -OCH3 is 1. The first-order valence-corrected chi connectivity index (χ1v) is 5.94. The van der Waals surface area contributed by atoms with Gasteiger partial charge in [-0.15, -0.1) is 0 Å². The van der Waals surface area contributed by atoms with Crippen molar-refractivity contribution in [2.45, 2.75) is 13.0 Å². The fourth-order valence-electron chi connectivity index (χ4n) is 1.89. The van der Waals surface area contributed by atoms with E-state index in [1.54, 1.807) is 24.6 Å². The van der Waals surface area contributed by atoms with Crippen LogP contribution in [0.1, 0.15) is 11.3 Å². The zero-order valence-electron chi connectivity index (χ0n) is 8.85. The summed E-state index contributed by atoms with van der Waals surface area (Å²) in [6.45, 7) is 2.99. The highest BCUT2D eigenvalue weighted by molar-refractivity contribution is 7.15. The van der Waals surface area contributed by atoms with Crippen molar-refractivity contribution < 1.29 is 9.84 Å². The van der Waals surface area contributed by atoms with Crippen LogP contribution in [-0.2, 0) is 11.3 Å². The average molecular weight is 228 g/mol. The van der Waals surface area contributed by atoms with Gasteiger partial charge in [0, 0.05) is 32.3 Å². The van der Waals surface area contributed by atoms with Crippen LogP contribution in [0.2, 0.25) is 0 Å². The summed E-state index contributed by atoms with van der Waals surface area (Å²) in [5, 5.41) is 9.99. The van der Waals surface area contributed by atoms with Crippen molar-refractivity contribution in [3.63, 3.8) is 0 Å². The predicted octanol–water partition coefficient (Wildman–Crippen LogP) is 1.11. The Morgan fingerprint density at radius 3 is 3.27 bits per heavy atom. The molecule has 0 spiro atoms. The van der Waals surface area contributed by atoms with Crippen molar-refractivity contribution in [3.8, 4) is 0 Å². The zero-order chi connectivity index (χ0) is 10.7. The summed E-state index contributed by atoms with van der Waals surface area (Å²) in [6, 6.07) is 0. The second kappa shape index (κ2) is 4.92. The minimum absolute atomic E-state index is 0.0903. The molecule has 0 bridgehead atoms. The Labute approximate surface area is 93.5 Å². The Bertz CT molecular complexity index is 316. The molecule has 0 radical (unpaired) electrons. The van der Waals surface area contributed by atoms with Gasteiger partial charge in [-0.25, -0.2) is 4.98 Å². The molecule has 0 saturated carbocycles. The summed E-state index contributed by atoms with van der Waals surface area (Å²) in [5.41, 5.74) is 0. The first kappa shape index (κ1) is 10.9. The van der Waals surface area contributed by atoms with Crippen LogP contribution < -0.4 is 4.90 Å². The van der Waals surface area contributed by atoms with E-state index in [0.717, 1.165) is 29.7 Å². The third kappa shape index (κ3) is 2.48. The van der Waals surface area contributed by atoms with Crippen molar-refractivity contribution in [1.29, 1.82) is 0 Å². The van der Waals surface area contributed by atoms with Crippen molar-refractivity contribution in [2.24, 2.45) is 5.92 Å². The molecule has 1 unspecified atom stereocenters. The van der Waals surface area contributed by atoms with Gasteiger partial charge in [0.25, 0.3) is 0 Å². The van der Waals surface area contributed by atoms with E-state index in [1.165, 1.54) is 6.42 Å². The number of rotatable bonds is 4. The first-order valence-electron chi connectivity index (χ1n) is 5.13. The van der Waals surface area contributed by atoms with E-state index in [9.17, 15) is 0 Å². The Morgan fingerprint density at radius 1 is 1.73 bits per heavy atom. The monoisotopic (exact) mass is 228 g/mol. The molecule has 84 valence electrons. The number of anilines is 1. The molecule has 1 atom stereocenters. The van der Waals surface area contributed by atoms with Gasteiger partial charge in [0.15, 0.2) is 5.13 Å². The van der Waals surface area contributed by atoms with Crippen molar-refractivity contribution in [1.82, 2.24) is 4.98 Å². The molecule has 0 aliphatic carbocycles. The average Bonchev–Trinajstić information content (AvgIpc) is 2.85. The summed E-state index contributed by atoms with van der Waals surface area (Å²) in [7, 11) is 1.75. The second-order valence-corrected chi connectivity index (χ2v) is 4.92. The van der Waals surface area contributed by atoms with Crippen LogP contribution in [0.15, 0.2) is 6.20 Å². The molecule has 1 saturated heterocycles. The standard InChI is InChI=1S/C10H16N2O2S/c1-14-7-8-2-3-12(5-8)10-11-4-9(6-13)15-10/h4,8,13H,2-3,5-7H2,1H3. The Hall–Kier alpha value is -0.650. The fourth-order valence-corrected chi connectivity index (χ4v) is 2.70. The quantitative estimate of drug-likeness (QED) is 0.838. The Morgan fingerprint density at radius 2 is 2.60 bits per heavy atom. The van der Waals surface area contributed by atoms with Gasteiger partial charge in [0.1, 0.15) is 0 Å². The van der Waals surface area contributed by atoms with Crippen LogP contribution in [0, 0.1) is 5.92 Å².